The maximum atomic E-state index is 4.60. The molecule has 2 rings (SSSR count). The van der Waals surface area contributed by atoms with Crippen LogP contribution >= 0.6 is 0 Å². The van der Waals surface area contributed by atoms with Gasteiger partial charge < -0.3 is 5.32 Å². The molecule has 1 aromatic rings. The van der Waals surface area contributed by atoms with Gasteiger partial charge in [-0.15, -0.1) is 0 Å². The summed E-state index contributed by atoms with van der Waals surface area (Å²) in [6.07, 6.45) is 5.59. The molecule has 0 radical (unpaired) electrons. The number of aromatic nitrogens is 1. The number of nitrogens with zero attached hydrogens (tertiary/aromatic N) is 1. The second-order valence-electron chi connectivity index (χ2n) is 4.31. The third-order valence-corrected chi connectivity index (χ3v) is 3.39. The highest BCUT2D eigenvalue weighted by Crippen LogP contribution is 2.24. The summed E-state index contributed by atoms with van der Waals surface area (Å²) in [5.74, 6) is 0.685. The van der Waals surface area contributed by atoms with Crippen molar-refractivity contribution < 1.29 is 0 Å². The van der Waals surface area contributed by atoms with Gasteiger partial charge in [0, 0.05) is 31.4 Å². The minimum Gasteiger partial charge on any atom is -0.312 e. The highest BCUT2D eigenvalue weighted by Gasteiger charge is 2.13. The molecule has 1 aliphatic rings. The van der Waals surface area contributed by atoms with Crippen LogP contribution in [0.15, 0.2) is 12.3 Å². The topological polar surface area (TPSA) is 24.9 Å². The van der Waals surface area contributed by atoms with Crippen molar-refractivity contribution in [1.82, 2.24) is 10.3 Å². The van der Waals surface area contributed by atoms with Gasteiger partial charge in [-0.1, -0.05) is 19.9 Å². The summed E-state index contributed by atoms with van der Waals surface area (Å²) in [5, 5.41) is 3.40. The minimum absolute atomic E-state index is 0.685. The van der Waals surface area contributed by atoms with E-state index in [4.69, 9.17) is 0 Å². The van der Waals surface area contributed by atoms with Crippen LogP contribution < -0.4 is 5.32 Å². The van der Waals surface area contributed by atoms with Crippen molar-refractivity contribution >= 4 is 0 Å². The van der Waals surface area contributed by atoms with Gasteiger partial charge in [0.1, 0.15) is 0 Å². The molecule has 0 bridgehead atoms. The molecule has 82 valence electrons. The molecule has 0 spiro atoms. The lowest BCUT2D eigenvalue weighted by atomic mass is 9.93. The smallest absolute Gasteiger partial charge is 0.0461 e. The van der Waals surface area contributed by atoms with Crippen LogP contribution in [-0.4, -0.2) is 11.5 Å². The molecule has 1 aromatic heterocycles. The summed E-state index contributed by atoms with van der Waals surface area (Å²) in [5.41, 5.74) is 4.12. The Balaban J connectivity index is 2.27. The Labute approximate surface area is 92.1 Å². The van der Waals surface area contributed by atoms with E-state index in [0.29, 0.717) is 5.92 Å². The van der Waals surface area contributed by atoms with Crippen LogP contribution in [-0.2, 0) is 13.0 Å². The molecule has 0 amide bonds. The lowest BCUT2D eigenvalue weighted by molar-refractivity contribution is 0.610. The van der Waals surface area contributed by atoms with Crippen molar-refractivity contribution in [2.45, 2.75) is 45.6 Å². The van der Waals surface area contributed by atoms with Gasteiger partial charge >= 0.3 is 0 Å². The summed E-state index contributed by atoms with van der Waals surface area (Å²) >= 11 is 0. The highest BCUT2D eigenvalue weighted by molar-refractivity contribution is 5.29. The van der Waals surface area contributed by atoms with Crippen LogP contribution in [0.3, 0.4) is 0 Å². The standard InChI is InChI=1S/C13H20N2/c1-3-10(4-2)11-7-12-8-14-6-5-13(12)15-9-11/h7,9-10,14H,3-6,8H2,1-2H3. The largest absolute Gasteiger partial charge is 0.312 e. The first-order chi connectivity index (χ1) is 7.35. The molecule has 2 heteroatoms. The van der Waals surface area contributed by atoms with Crippen LogP contribution in [0.4, 0.5) is 0 Å². The van der Waals surface area contributed by atoms with Crippen LogP contribution in [0, 0.1) is 0 Å². The third kappa shape index (κ3) is 2.20. The predicted molar refractivity (Wildman–Crippen MR) is 63.0 cm³/mol. The molecule has 0 fully saturated rings. The lowest BCUT2D eigenvalue weighted by Gasteiger charge is -2.19. The van der Waals surface area contributed by atoms with Crippen molar-refractivity contribution in [3.63, 3.8) is 0 Å². The average Bonchev–Trinajstić information content (AvgIpc) is 2.30. The first kappa shape index (κ1) is 10.6. The second kappa shape index (κ2) is 4.75. The SMILES string of the molecule is CCC(CC)c1cnc2c(c1)CNCC2. The Morgan fingerprint density at radius 3 is 2.93 bits per heavy atom. The van der Waals surface area contributed by atoms with Crippen molar-refractivity contribution in [2.75, 3.05) is 6.54 Å². The van der Waals surface area contributed by atoms with E-state index >= 15 is 0 Å². The van der Waals surface area contributed by atoms with Gasteiger partial charge in [0.2, 0.25) is 0 Å². The predicted octanol–water partition coefficient (Wildman–Crippen LogP) is 2.63. The zero-order valence-corrected chi connectivity index (χ0v) is 9.71. The minimum atomic E-state index is 0.685. The zero-order chi connectivity index (χ0) is 10.7. The zero-order valence-electron chi connectivity index (χ0n) is 9.71. The molecule has 1 N–H and O–H groups in total. The van der Waals surface area contributed by atoms with Gasteiger partial charge in [0.05, 0.1) is 0 Å². The molecule has 2 nitrogen and oxygen atoms in total. The fourth-order valence-corrected chi connectivity index (χ4v) is 2.35. The van der Waals surface area contributed by atoms with Gasteiger partial charge in [-0.05, 0) is 29.9 Å². The molecule has 2 heterocycles. The number of fused-ring (bicyclic) bond motifs is 1. The van der Waals surface area contributed by atoms with E-state index < -0.39 is 0 Å². The molecule has 0 aromatic carbocycles. The lowest BCUT2D eigenvalue weighted by Crippen LogP contribution is -2.24. The van der Waals surface area contributed by atoms with Crippen molar-refractivity contribution in [1.29, 1.82) is 0 Å². The van der Waals surface area contributed by atoms with Crippen LogP contribution in [0.2, 0.25) is 0 Å². The van der Waals surface area contributed by atoms with Gasteiger partial charge in [0.25, 0.3) is 0 Å². The van der Waals surface area contributed by atoms with Crippen LogP contribution in [0.1, 0.15) is 49.4 Å². The molecule has 15 heavy (non-hydrogen) atoms. The van der Waals surface area contributed by atoms with Gasteiger partial charge in [-0.3, -0.25) is 4.98 Å². The van der Waals surface area contributed by atoms with Crippen molar-refractivity contribution in [3.8, 4) is 0 Å². The summed E-state index contributed by atoms with van der Waals surface area (Å²) in [6, 6.07) is 2.35. The fourth-order valence-electron chi connectivity index (χ4n) is 2.35. The van der Waals surface area contributed by atoms with Crippen molar-refractivity contribution in [2.24, 2.45) is 0 Å². The summed E-state index contributed by atoms with van der Waals surface area (Å²) in [7, 11) is 0. The van der Waals surface area contributed by atoms with E-state index in [0.717, 1.165) is 19.5 Å². The fraction of sp³-hybridized carbons (Fsp3) is 0.615. The molecule has 1 aliphatic heterocycles. The van der Waals surface area contributed by atoms with E-state index in [9.17, 15) is 0 Å². The molecule has 0 saturated heterocycles. The molecular formula is C13H20N2. The Kier molecular flexibility index (Phi) is 3.37. The maximum absolute atomic E-state index is 4.60. The normalized spacial score (nSPS) is 15.4. The van der Waals surface area contributed by atoms with Gasteiger partial charge in [-0.25, -0.2) is 0 Å². The van der Waals surface area contributed by atoms with E-state index in [2.05, 4.69) is 36.4 Å². The molecule has 0 aliphatic carbocycles. The quantitative estimate of drug-likeness (QED) is 0.818. The van der Waals surface area contributed by atoms with Gasteiger partial charge in [0.15, 0.2) is 0 Å². The maximum Gasteiger partial charge on any atom is 0.0461 e. The number of hydrogen-bond donors (Lipinski definition) is 1. The first-order valence-electron chi connectivity index (χ1n) is 6.03. The number of nitrogens with one attached hydrogen (secondary N) is 1. The second-order valence-corrected chi connectivity index (χ2v) is 4.31. The third-order valence-electron chi connectivity index (χ3n) is 3.39. The van der Waals surface area contributed by atoms with E-state index in [1.807, 2.05) is 0 Å². The molecule has 0 atom stereocenters. The monoisotopic (exact) mass is 204 g/mol. The Bertz CT molecular complexity index is 329. The Morgan fingerprint density at radius 1 is 1.40 bits per heavy atom. The average molecular weight is 204 g/mol. The Morgan fingerprint density at radius 2 is 2.20 bits per heavy atom. The van der Waals surface area contributed by atoms with E-state index in [-0.39, 0.29) is 0 Å². The molecule has 0 saturated carbocycles. The van der Waals surface area contributed by atoms with Crippen LogP contribution in [0.25, 0.3) is 0 Å². The summed E-state index contributed by atoms with van der Waals surface area (Å²) < 4.78 is 0. The molecule has 0 unspecified atom stereocenters. The van der Waals surface area contributed by atoms with Gasteiger partial charge in [-0.2, -0.15) is 0 Å². The van der Waals surface area contributed by atoms with Crippen molar-refractivity contribution in [3.05, 3.63) is 29.1 Å². The summed E-state index contributed by atoms with van der Waals surface area (Å²) in [4.78, 5) is 4.60. The number of hydrogen-bond acceptors (Lipinski definition) is 2. The van der Waals surface area contributed by atoms with E-state index in [1.165, 1.54) is 29.7 Å². The van der Waals surface area contributed by atoms with Crippen LogP contribution in [0.5, 0.6) is 0 Å². The molecular weight excluding hydrogens is 184 g/mol. The number of rotatable bonds is 3. The van der Waals surface area contributed by atoms with E-state index in [1.54, 1.807) is 0 Å². The summed E-state index contributed by atoms with van der Waals surface area (Å²) in [6.45, 7) is 6.58. The first-order valence-corrected chi connectivity index (χ1v) is 6.03. The Hall–Kier alpha value is -0.890. The highest BCUT2D eigenvalue weighted by atomic mass is 14.9. The number of pyridine rings is 1.